The zero-order valence-corrected chi connectivity index (χ0v) is 10.9. The molecule has 18 heavy (non-hydrogen) atoms. The van der Waals surface area contributed by atoms with E-state index >= 15 is 0 Å². The first kappa shape index (κ1) is 11.4. The van der Waals surface area contributed by atoms with Crippen LogP contribution >= 0.6 is 23.2 Å². The van der Waals surface area contributed by atoms with Crippen LogP contribution in [0.3, 0.4) is 0 Å². The number of halogens is 2. The SMILES string of the molecule is Cc1ccc(-c2nnc3ccc(Cl)nn23)c(Cl)c1. The van der Waals surface area contributed by atoms with Gasteiger partial charge in [0.2, 0.25) is 0 Å². The fraction of sp³-hybridized carbons (Fsp3) is 0.0833. The molecule has 6 heteroatoms. The summed E-state index contributed by atoms with van der Waals surface area (Å²) < 4.78 is 1.58. The molecule has 0 spiro atoms. The Bertz CT molecular complexity index is 736. The van der Waals surface area contributed by atoms with Crippen molar-refractivity contribution in [2.24, 2.45) is 0 Å². The van der Waals surface area contributed by atoms with E-state index in [9.17, 15) is 0 Å². The summed E-state index contributed by atoms with van der Waals surface area (Å²) in [5.41, 5.74) is 2.50. The Hall–Kier alpha value is -1.65. The maximum atomic E-state index is 6.22. The fourth-order valence-corrected chi connectivity index (χ4v) is 2.19. The van der Waals surface area contributed by atoms with Gasteiger partial charge >= 0.3 is 0 Å². The van der Waals surface area contributed by atoms with Crippen LogP contribution in [0.15, 0.2) is 30.3 Å². The van der Waals surface area contributed by atoms with Crippen molar-refractivity contribution in [3.63, 3.8) is 0 Å². The van der Waals surface area contributed by atoms with Gasteiger partial charge in [-0.25, -0.2) is 0 Å². The van der Waals surface area contributed by atoms with Crippen LogP contribution in [-0.4, -0.2) is 19.8 Å². The van der Waals surface area contributed by atoms with Crippen LogP contribution in [0.5, 0.6) is 0 Å². The van der Waals surface area contributed by atoms with E-state index in [1.54, 1.807) is 16.6 Å². The molecule has 0 saturated carbocycles. The minimum Gasteiger partial charge on any atom is -0.191 e. The molecule has 0 N–H and O–H groups in total. The van der Waals surface area contributed by atoms with Crippen molar-refractivity contribution in [3.05, 3.63) is 46.1 Å². The molecule has 0 saturated heterocycles. The summed E-state index contributed by atoms with van der Waals surface area (Å²) in [6, 6.07) is 9.17. The first-order chi connectivity index (χ1) is 8.65. The molecular weight excluding hydrogens is 271 g/mol. The third-order valence-electron chi connectivity index (χ3n) is 2.60. The number of aromatic nitrogens is 4. The summed E-state index contributed by atoms with van der Waals surface area (Å²) in [5.74, 6) is 0.581. The highest BCUT2D eigenvalue weighted by Crippen LogP contribution is 2.27. The first-order valence-corrected chi connectivity index (χ1v) is 6.05. The highest BCUT2D eigenvalue weighted by atomic mass is 35.5. The molecule has 0 aliphatic heterocycles. The molecule has 3 rings (SSSR count). The minimum atomic E-state index is 0.381. The molecule has 1 aromatic carbocycles. The van der Waals surface area contributed by atoms with Crippen LogP contribution < -0.4 is 0 Å². The quantitative estimate of drug-likeness (QED) is 0.685. The molecule has 3 aromatic rings. The standard InChI is InChI=1S/C12H8Cl2N4/c1-7-2-3-8(9(13)6-7)12-16-15-11-5-4-10(14)17-18(11)12/h2-6H,1H3. The maximum Gasteiger partial charge on any atom is 0.186 e. The average molecular weight is 279 g/mol. The highest BCUT2D eigenvalue weighted by molar-refractivity contribution is 6.33. The maximum absolute atomic E-state index is 6.22. The molecule has 0 fully saturated rings. The molecule has 4 nitrogen and oxygen atoms in total. The molecule has 0 aliphatic rings. The van der Waals surface area contributed by atoms with Crippen LogP contribution in [0.2, 0.25) is 10.2 Å². The van der Waals surface area contributed by atoms with Crippen molar-refractivity contribution in [1.82, 2.24) is 19.8 Å². The molecule has 0 atom stereocenters. The Morgan fingerprint density at radius 2 is 1.89 bits per heavy atom. The van der Waals surface area contributed by atoms with Crippen LogP contribution in [0.4, 0.5) is 0 Å². The van der Waals surface area contributed by atoms with E-state index in [-0.39, 0.29) is 0 Å². The second kappa shape index (κ2) is 4.23. The van der Waals surface area contributed by atoms with Crippen molar-refractivity contribution in [2.45, 2.75) is 6.92 Å². The Labute approximate surface area is 113 Å². The molecule has 0 aliphatic carbocycles. The van der Waals surface area contributed by atoms with Gasteiger partial charge in [-0.2, -0.15) is 9.61 Å². The number of benzene rings is 1. The molecular formula is C12H8Cl2N4. The Balaban J connectivity index is 2.28. The predicted octanol–water partition coefficient (Wildman–Crippen LogP) is 3.41. The lowest BCUT2D eigenvalue weighted by molar-refractivity contribution is 0.936. The van der Waals surface area contributed by atoms with Gasteiger partial charge in [-0.3, -0.25) is 0 Å². The number of aryl methyl sites for hydroxylation is 1. The molecule has 0 amide bonds. The third-order valence-corrected chi connectivity index (χ3v) is 3.11. The number of fused-ring (bicyclic) bond motifs is 1. The second-order valence-electron chi connectivity index (χ2n) is 3.93. The summed E-state index contributed by atoms with van der Waals surface area (Å²) in [4.78, 5) is 0. The van der Waals surface area contributed by atoms with Gasteiger partial charge in [0.25, 0.3) is 0 Å². The zero-order valence-electron chi connectivity index (χ0n) is 9.43. The number of hydrogen-bond donors (Lipinski definition) is 0. The van der Waals surface area contributed by atoms with Crippen LogP contribution in [-0.2, 0) is 0 Å². The lowest BCUT2D eigenvalue weighted by atomic mass is 10.1. The van der Waals surface area contributed by atoms with E-state index in [4.69, 9.17) is 23.2 Å². The first-order valence-electron chi connectivity index (χ1n) is 5.29. The van der Waals surface area contributed by atoms with Crippen LogP contribution in [0, 0.1) is 6.92 Å². The van der Waals surface area contributed by atoms with Gasteiger partial charge in [0.1, 0.15) is 5.15 Å². The third kappa shape index (κ3) is 1.83. The largest absolute Gasteiger partial charge is 0.191 e. The van der Waals surface area contributed by atoms with Crippen LogP contribution in [0.1, 0.15) is 5.56 Å². The van der Waals surface area contributed by atoms with E-state index in [1.165, 1.54) is 0 Å². The Morgan fingerprint density at radius 1 is 1.06 bits per heavy atom. The van der Waals surface area contributed by atoms with Gasteiger partial charge in [-0.1, -0.05) is 29.3 Å². The second-order valence-corrected chi connectivity index (χ2v) is 4.73. The molecule has 0 unspecified atom stereocenters. The monoisotopic (exact) mass is 278 g/mol. The average Bonchev–Trinajstić information content (AvgIpc) is 2.72. The lowest BCUT2D eigenvalue weighted by Crippen LogP contribution is -1.95. The topological polar surface area (TPSA) is 43.1 Å². The minimum absolute atomic E-state index is 0.381. The number of hydrogen-bond acceptors (Lipinski definition) is 3. The summed E-state index contributed by atoms with van der Waals surface area (Å²) in [7, 11) is 0. The zero-order chi connectivity index (χ0) is 12.7. The molecule has 0 bridgehead atoms. The van der Waals surface area contributed by atoms with Gasteiger partial charge in [-0.15, -0.1) is 10.2 Å². The van der Waals surface area contributed by atoms with Crippen molar-refractivity contribution in [1.29, 1.82) is 0 Å². The number of rotatable bonds is 1. The van der Waals surface area contributed by atoms with E-state index in [0.717, 1.165) is 11.1 Å². The number of nitrogens with zero attached hydrogens (tertiary/aromatic N) is 4. The van der Waals surface area contributed by atoms with E-state index in [2.05, 4.69) is 15.3 Å². The van der Waals surface area contributed by atoms with Crippen molar-refractivity contribution in [2.75, 3.05) is 0 Å². The summed E-state index contributed by atoms with van der Waals surface area (Å²) in [5, 5.41) is 13.3. The normalized spacial score (nSPS) is 11.1. The molecule has 2 aromatic heterocycles. The van der Waals surface area contributed by atoms with E-state index in [0.29, 0.717) is 21.6 Å². The van der Waals surface area contributed by atoms with Crippen molar-refractivity contribution >= 4 is 28.8 Å². The Morgan fingerprint density at radius 3 is 2.67 bits per heavy atom. The van der Waals surface area contributed by atoms with Crippen LogP contribution in [0.25, 0.3) is 17.0 Å². The van der Waals surface area contributed by atoms with Gasteiger partial charge in [0.05, 0.1) is 5.02 Å². The molecule has 90 valence electrons. The smallest absolute Gasteiger partial charge is 0.186 e. The predicted molar refractivity (Wildman–Crippen MR) is 71.0 cm³/mol. The van der Waals surface area contributed by atoms with Crippen molar-refractivity contribution in [3.8, 4) is 11.4 Å². The lowest BCUT2D eigenvalue weighted by Gasteiger charge is -2.03. The summed E-state index contributed by atoms with van der Waals surface area (Å²) in [6.45, 7) is 1.98. The molecule has 0 radical (unpaired) electrons. The van der Waals surface area contributed by atoms with Gasteiger partial charge in [0, 0.05) is 5.56 Å². The van der Waals surface area contributed by atoms with Gasteiger partial charge in [-0.05, 0) is 36.8 Å². The van der Waals surface area contributed by atoms with Crippen molar-refractivity contribution < 1.29 is 0 Å². The molecule has 2 heterocycles. The summed E-state index contributed by atoms with van der Waals surface area (Å²) in [6.07, 6.45) is 0. The fourth-order valence-electron chi connectivity index (χ4n) is 1.74. The van der Waals surface area contributed by atoms with E-state index in [1.807, 2.05) is 25.1 Å². The van der Waals surface area contributed by atoms with Gasteiger partial charge < -0.3 is 0 Å². The Kier molecular flexibility index (Phi) is 2.69. The highest BCUT2D eigenvalue weighted by Gasteiger charge is 2.12. The summed E-state index contributed by atoms with van der Waals surface area (Å²) >= 11 is 12.1. The van der Waals surface area contributed by atoms with E-state index < -0.39 is 0 Å². The van der Waals surface area contributed by atoms with Gasteiger partial charge in [0.15, 0.2) is 11.5 Å².